The summed E-state index contributed by atoms with van der Waals surface area (Å²) < 4.78 is 5.52. The van der Waals surface area contributed by atoms with E-state index >= 15 is 0 Å². The Kier molecular flexibility index (Phi) is 3.71. The van der Waals surface area contributed by atoms with Crippen molar-refractivity contribution in [1.82, 2.24) is 0 Å². The average Bonchev–Trinajstić information content (AvgIpc) is 2.49. The summed E-state index contributed by atoms with van der Waals surface area (Å²) in [6.45, 7) is 3.38. The zero-order chi connectivity index (χ0) is 14.9. The third-order valence-electron chi connectivity index (χ3n) is 2.90. The van der Waals surface area contributed by atoms with Crippen LogP contribution in [0.15, 0.2) is 18.2 Å². The first-order chi connectivity index (χ1) is 9.28. The summed E-state index contributed by atoms with van der Waals surface area (Å²) in [5.74, 6) is 6.01. The number of rotatable bonds is 0. The summed E-state index contributed by atoms with van der Waals surface area (Å²) in [5, 5.41) is 9.61. The highest BCUT2D eigenvalue weighted by atomic mass is 16.5. The van der Waals surface area contributed by atoms with Crippen molar-refractivity contribution in [3.63, 3.8) is 0 Å². The van der Waals surface area contributed by atoms with Crippen molar-refractivity contribution in [1.29, 1.82) is 0 Å². The van der Waals surface area contributed by atoms with E-state index in [0.717, 1.165) is 0 Å². The smallest absolute Gasteiger partial charge is 0.247 e. The molecule has 1 aromatic carbocycles. The van der Waals surface area contributed by atoms with Gasteiger partial charge in [0.1, 0.15) is 24.0 Å². The van der Waals surface area contributed by atoms with E-state index in [1.165, 1.54) is 4.90 Å². The molecular formula is C15H18N2O3. The highest BCUT2D eigenvalue weighted by Crippen LogP contribution is 2.31. The van der Waals surface area contributed by atoms with E-state index in [4.69, 9.17) is 10.5 Å². The molecule has 1 aliphatic rings. The maximum atomic E-state index is 12.0. The lowest BCUT2D eigenvalue weighted by Crippen LogP contribution is -2.43. The average molecular weight is 274 g/mol. The van der Waals surface area contributed by atoms with E-state index < -0.39 is 11.6 Å². The largest absolute Gasteiger partial charge is 0.489 e. The Hall–Kier alpha value is -2.03. The topological polar surface area (TPSA) is 75.8 Å². The first-order valence-corrected chi connectivity index (χ1v) is 6.33. The summed E-state index contributed by atoms with van der Waals surface area (Å²) in [6, 6.07) is 4.63. The number of benzene rings is 1. The lowest BCUT2D eigenvalue weighted by molar-refractivity contribution is -0.119. The number of amides is 1. The number of carbonyl (C=O) groups is 1. The summed E-state index contributed by atoms with van der Waals surface area (Å²) in [6.07, 6.45) is 0. The van der Waals surface area contributed by atoms with Gasteiger partial charge in [0.2, 0.25) is 5.91 Å². The predicted octanol–water partition coefficient (Wildman–Crippen LogP) is 0.492. The summed E-state index contributed by atoms with van der Waals surface area (Å²) in [7, 11) is 1.66. The lowest BCUT2D eigenvalue weighted by Gasteiger charge is -2.17. The van der Waals surface area contributed by atoms with Gasteiger partial charge in [-0.15, -0.1) is 0 Å². The molecule has 5 heteroatoms. The molecule has 5 nitrogen and oxygen atoms in total. The number of fused-ring (bicyclic) bond motifs is 1. The highest BCUT2D eigenvalue weighted by Gasteiger charge is 2.26. The standard InChI is InChI=1S/C15H18N2O3/c1-15(2,19)7-6-10-4-5-13-12(8-10)17(3)14(18)11(16)9-20-13/h4-5,8,11,19H,9,16H2,1-3H3. The van der Waals surface area contributed by atoms with Crippen molar-refractivity contribution in [2.75, 3.05) is 18.6 Å². The lowest BCUT2D eigenvalue weighted by atomic mass is 10.1. The normalized spacial score (nSPS) is 18.6. The Morgan fingerprint density at radius 1 is 1.50 bits per heavy atom. The van der Waals surface area contributed by atoms with Gasteiger partial charge in [-0.05, 0) is 32.0 Å². The fourth-order valence-corrected chi connectivity index (χ4v) is 1.82. The molecule has 0 aliphatic carbocycles. The van der Waals surface area contributed by atoms with E-state index in [9.17, 15) is 9.90 Å². The second-order valence-corrected chi connectivity index (χ2v) is 5.31. The Balaban J connectivity index is 2.40. The minimum absolute atomic E-state index is 0.158. The van der Waals surface area contributed by atoms with Gasteiger partial charge in [-0.2, -0.15) is 0 Å². The van der Waals surface area contributed by atoms with Crippen molar-refractivity contribution in [2.24, 2.45) is 5.73 Å². The van der Waals surface area contributed by atoms with Crippen LogP contribution >= 0.6 is 0 Å². The number of likely N-dealkylation sites (N-methyl/N-ethyl adjacent to an activating group) is 1. The maximum absolute atomic E-state index is 12.0. The molecule has 0 aromatic heterocycles. The van der Waals surface area contributed by atoms with Gasteiger partial charge in [0.15, 0.2) is 0 Å². The van der Waals surface area contributed by atoms with Crippen molar-refractivity contribution < 1.29 is 14.6 Å². The number of anilines is 1. The van der Waals surface area contributed by atoms with Crippen LogP contribution in [0.1, 0.15) is 19.4 Å². The number of nitrogens with two attached hydrogens (primary N) is 1. The number of aliphatic hydroxyl groups is 1. The fraction of sp³-hybridized carbons (Fsp3) is 0.400. The van der Waals surface area contributed by atoms with E-state index in [0.29, 0.717) is 17.0 Å². The van der Waals surface area contributed by atoms with Crippen LogP contribution in [-0.4, -0.2) is 36.3 Å². The molecule has 1 unspecified atom stereocenters. The number of carbonyl (C=O) groups excluding carboxylic acids is 1. The van der Waals surface area contributed by atoms with Gasteiger partial charge in [-0.1, -0.05) is 11.8 Å². The molecule has 20 heavy (non-hydrogen) atoms. The SMILES string of the molecule is CN1C(=O)C(N)COc2ccc(C#CC(C)(C)O)cc21. The number of hydrogen-bond donors (Lipinski definition) is 2. The summed E-state index contributed by atoms with van der Waals surface area (Å²) in [5.41, 5.74) is 5.99. The second-order valence-electron chi connectivity index (χ2n) is 5.31. The highest BCUT2D eigenvalue weighted by molar-refractivity contribution is 5.98. The van der Waals surface area contributed by atoms with Gasteiger partial charge in [-0.25, -0.2) is 0 Å². The van der Waals surface area contributed by atoms with Crippen LogP contribution in [0.25, 0.3) is 0 Å². The summed E-state index contributed by atoms with van der Waals surface area (Å²) in [4.78, 5) is 13.5. The molecule has 1 amide bonds. The molecule has 0 spiro atoms. The monoisotopic (exact) mass is 274 g/mol. The zero-order valence-electron chi connectivity index (χ0n) is 11.8. The van der Waals surface area contributed by atoms with E-state index in [2.05, 4.69) is 11.8 Å². The van der Waals surface area contributed by atoms with Gasteiger partial charge in [0.25, 0.3) is 0 Å². The number of ether oxygens (including phenoxy) is 1. The van der Waals surface area contributed by atoms with Crippen LogP contribution < -0.4 is 15.4 Å². The molecule has 1 aliphatic heterocycles. The van der Waals surface area contributed by atoms with E-state index in [-0.39, 0.29) is 12.5 Å². The zero-order valence-corrected chi connectivity index (χ0v) is 11.8. The molecule has 0 fully saturated rings. The first-order valence-electron chi connectivity index (χ1n) is 6.33. The predicted molar refractivity (Wildman–Crippen MR) is 76.5 cm³/mol. The van der Waals surface area contributed by atoms with Crippen molar-refractivity contribution in [3.8, 4) is 17.6 Å². The summed E-state index contributed by atoms with van der Waals surface area (Å²) >= 11 is 0. The first kappa shape index (κ1) is 14.4. The molecule has 106 valence electrons. The second kappa shape index (κ2) is 5.16. The Bertz CT molecular complexity index is 593. The molecule has 0 saturated heterocycles. The Morgan fingerprint density at radius 2 is 2.20 bits per heavy atom. The molecule has 0 saturated carbocycles. The third-order valence-corrected chi connectivity index (χ3v) is 2.90. The van der Waals surface area contributed by atoms with E-state index in [1.54, 1.807) is 39.1 Å². The van der Waals surface area contributed by atoms with Crippen molar-refractivity contribution in [2.45, 2.75) is 25.5 Å². The molecule has 0 radical (unpaired) electrons. The van der Waals surface area contributed by atoms with Crippen LogP contribution in [0.2, 0.25) is 0 Å². The minimum Gasteiger partial charge on any atom is -0.489 e. The molecular weight excluding hydrogens is 256 g/mol. The Labute approximate surface area is 118 Å². The molecule has 2 rings (SSSR count). The van der Waals surface area contributed by atoms with Crippen molar-refractivity contribution in [3.05, 3.63) is 23.8 Å². The molecule has 3 N–H and O–H groups in total. The van der Waals surface area contributed by atoms with Gasteiger partial charge in [0.05, 0.1) is 5.69 Å². The van der Waals surface area contributed by atoms with Crippen LogP contribution in [-0.2, 0) is 4.79 Å². The molecule has 1 aromatic rings. The van der Waals surface area contributed by atoms with E-state index in [1.807, 2.05) is 0 Å². The van der Waals surface area contributed by atoms with Gasteiger partial charge < -0.3 is 20.5 Å². The van der Waals surface area contributed by atoms with Crippen LogP contribution in [0.3, 0.4) is 0 Å². The van der Waals surface area contributed by atoms with Gasteiger partial charge in [-0.3, -0.25) is 4.79 Å². The van der Waals surface area contributed by atoms with Crippen LogP contribution in [0.5, 0.6) is 5.75 Å². The fourth-order valence-electron chi connectivity index (χ4n) is 1.82. The van der Waals surface area contributed by atoms with Gasteiger partial charge >= 0.3 is 0 Å². The molecule has 1 heterocycles. The number of nitrogens with zero attached hydrogens (tertiary/aromatic N) is 1. The molecule has 1 atom stereocenters. The van der Waals surface area contributed by atoms with Crippen LogP contribution in [0, 0.1) is 11.8 Å². The maximum Gasteiger partial charge on any atom is 0.247 e. The molecule has 0 bridgehead atoms. The quantitative estimate of drug-likeness (QED) is 0.675. The Morgan fingerprint density at radius 3 is 2.85 bits per heavy atom. The number of hydrogen-bond acceptors (Lipinski definition) is 4. The van der Waals surface area contributed by atoms with Crippen LogP contribution in [0.4, 0.5) is 5.69 Å². The third kappa shape index (κ3) is 3.10. The minimum atomic E-state index is -1.06. The van der Waals surface area contributed by atoms with Gasteiger partial charge in [0, 0.05) is 12.6 Å². The van der Waals surface area contributed by atoms with Crippen molar-refractivity contribution >= 4 is 11.6 Å².